The summed E-state index contributed by atoms with van der Waals surface area (Å²) in [7, 11) is 1.73. The molecule has 0 aliphatic carbocycles. The van der Waals surface area contributed by atoms with Crippen LogP contribution >= 0.6 is 0 Å². The van der Waals surface area contributed by atoms with Gasteiger partial charge in [0.05, 0.1) is 0 Å². The number of hydrogen-bond donors (Lipinski definition) is 0. The first-order valence-electron chi connectivity index (χ1n) is 4.63. The standard InChI is InChI=1S/C12H12OSe2/c1-13-11-7-8-12(15-14-2)10-6-4-3-5-9(10)11/h3-8H,1-2H3. The second-order valence-electron chi connectivity index (χ2n) is 3.06. The van der Waals surface area contributed by atoms with Gasteiger partial charge in [-0.05, 0) is 0 Å². The van der Waals surface area contributed by atoms with Gasteiger partial charge in [0.2, 0.25) is 0 Å². The van der Waals surface area contributed by atoms with Crippen LogP contribution in [0.25, 0.3) is 10.8 Å². The number of ether oxygens (including phenoxy) is 1. The number of benzene rings is 2. The molecule has 0 aliphatic rings. The normalized spacial score (nSPS) is 10.5. The fourth-order valence-corrected chi connectivity index (χ4v) is 6.32. The van der Waals surface area contributed by atoms with E-state index in [1.807, 2.05) is 0 Å². The molecule has 0 radical (unpaired) electrons. The third kappa shape index (κ3) is 2.21. The average molecular weight is 330 g/mol. The fraction of sp³-hybridized carbons (Fsp3) is 0.167. The molecule has 0 spiro atoms. The molecule has 78 valence electrons. The van der Waals surface area contributed by atoms with Crippen LogP contribution in [-0.4, -0.2) is 33.4 Å². The molecule has 0 saturated carbocycles. The molecule has 0 heterocycles. The molecule has 2 rings (SSSR count). The van der Waals surface area contributed by atoms with Crippen LogP contribution in [0.5, 0.6) is 5.75 Å². The Labute approximate surface area is 101 Å². The molecule has 15 heavy (non-hydrogen) atoms. The fourth-order valence-electron chi connectivity index (χ4n) is 1.58. The molecule has 0 N–H and O–H groups in total. The summed E-state index contributed by atoms with van der Waals surface area (Å²) in [4.78, 5) is 0. The zero-order valence-corrected chi connectivity index (χ0v) is 12.1. The van der Waals surface area contributed by atoms with E-state index in [0.29, 0.717) is 13.1 Å². The van der Waals surface area contributed by atoms with Crippen LogP contribution in [0, 0.1) is 0 Å². The molecule has 2 aromatic carbocycles. The van der Waals surface area contributed by atoms with E-state index in [2.05, 4.69) is 42.2 Å². The molecule has 1 nitrogen and oxygen atoms in total. The van der Waals surface area contributed by atoms with Gasteiger partial charge in [-0.3, -0.25) is 0 Å². The molecule has 0 amide bonds. The van der Waals surface area contributed by atoms with E-state index in [1.165, 1.54) is 15.2 Å². The van der Waals surface area contributed by atoms with Gasteiger partial charge in [-0.2, -0.15) is 0 Å². The molecule has 0 aliphatic heterocycles. The van der Waals surface area contributed by atoms with E-state index in [9.17, 15) is 0 Å². The van der Waals surface area contributed by atoms with Crippen LogP contribution in [0.15, 0.2) is 36.4 Å². The van der Waals surface area contributed by atoms with Gasteiger partial charge >= 0.3 is 101 Å². The molecule has 0 aromatic heterocycles. The molecule has 0 atom stereocenters. The van der Waals surface area contributed by atoms with Crippen molar-refractivity contribution in [1.29, 1.82) is 0 Å². The van der Waals surface area contributed by atoms with E-state index in [0.717, 1.165) is 18.9 Å². The van der Waals surface area contributed by atoms with Gasteiger partial charge in [0.1, 0.15) is 0 Å². The Morgan fingerprint density at radius 3 is 2.40 bits per heavy atom. The minimum absolute atomic E-state index is 0.638. The van der Waals surface area contributed by atoms with Crippen LogP contribution in [0.1, 0.15) is 0 Å². The SMILES string of the molecule is COc1ccc([Se][Se]C)c2ccccc12. The van der Waals surface area contributed by atoms with Crippen molar-refractivity contribution in [3.05, 3.63) is 36.4 Å². The Kier molecular flexibility index (Phi) is 3.71. The van der Waals surface area contributed by atoms with Crippen LogP contribution in [0.2, 0.25) is 5.82 Å². The zero-order chi connectivity index (χ0) is 10.7. The first kappa shape index (κ1) is 11.0. The predicted molar refractivity (Wildman–Crippen MR) is 67.5 cm³/mol. The first-order chi connectivity index (χ1) is 7.36. The Bertz CT molecular complexity index is 468. The van der Waals surface area contributed by atoms with Gasteiger partial charge in [-0.15, -0.1) is 0 Å². The van der Waals surface area contributed by atoms with Crippen LogP contribution < -0.4 is 9.20 Å². The average Bonchev–Trinajstić information content (AvgIpc) is 2.30. The van der Waals surface area contributed by atoms with E-state index in [1.54, 1.807) is 7.11 Å². The van der Waals surface area contributed by atoms with Crippen molar-refractivity contribution in [2.45, 2.75) is 5.82 Å². The van der Waals surface area contributed by atoms with Crippen molar-refractivity contribution in [1.82, 2.24) is 0 Å². The second kappa shape index (κ2) is 5.05. The Morgan fingerprint density at radius 1 is 1.00 bits per heavy atom. The molecular weight excluding hydrogens is 318 g/mol. The van der Waals surface area contributed by atoms with E-state index >= 15 is 0 Å². The summed E-state index contributed by atoms with van der Waals surface area (Å²) in [5, 5.41) is 2.60. The number of hydrogen-bond acceptors (Lipinski definition) is 1. The number of rotatable bonds is 3. The van der Waals surface area contributed by atoms with Crippen LogP contribution in [0.4, 0.5) is 0 Å². The Morgan fingerprint density at radius 2 is 1.73 bits per heavy atom. The third-order valence-corrected chi connectivity index (χ3v) is 7.48. The second-order valence-corrected chi connectivity index (χ2v) is 10.5. The number of methoxy groups -OCH3 is 1. The minimum atomic E-state index is 0.638. The topological polar surface area (TPSA) is 9.23 Å². The van der Waals surface area contributed by atoms with Gasteiger partial charge in [-0.25, -0.2) is 0 Å². The van der Waals surface area contributed by atoms with Crippen molar-refractivity contribution in [3.8, 4) is 5.75 Å². The number of fused-ring (bicyclic) bond motifs is 1. The maximum absolute atomic E-state index is 5.37. The van der Waals surface area contributed by atoms with Crippen molar-refractivity contribution < 1.29 is 4.74 Å². The predicted octanol–water partition coefficient (Wildman–Crippen LogP) is 1.85. The summed E-state index contributed by atoms with van der Waals surface area (Å²) in [6.45, 7) is 0. The summed E-state index contributed by atoms with van der Waals surface area (Å²) >= 11 is 1.38. The summed E-state index contributed by atoms with van der Waals surface area (Å²) in [5.74, 6) is 3.28. The molecular formula is C12H12OSe2. The molecule has 0 saturated heterocycles. The first-order valence-corrected chi connectivity index (χ1v) is 11.5. The van der Waals surface area contributed by atoms with Gasteiger partial charge in [0.15, 0.2) is 0 Å². The molecule has 0 unspecified atom stereocenters. The van der Waals surface area contributed by atoms with Gasteiger partial charge in [0.25, 0.3) is 0 Å². The van der Waals surface area contributed by atoms with E-state index < -0.39 is 0 Å². The molecule has 0 fully saturated rings. The Balaban J connectivity index is 2.66. The van der Waals surface area contributed by atoms with E-state index in [-0.39, 0.29) is 0 Å². The van der Waals surface area contributed by atoms with Crippen LogP contribution in [-0.2, 0) is 0 Å². The van der Waals surface area contributed by atoms with Crippen LogP contribution in [0.3, 0.4) is 0 Å². The van der Waals surface area contributed by atoms with Gasteiger partial charge < -0.3 is 0 Å². The third-order valence-electron chi connectivity index (χ3n) is 2.24. The molecule has 3 heteroatoms. The summed E-state index contributed by atoms with van der Waals surface area (Å²) in [6.07, 6.45) is 0. The quantitative estimate of drug-likeness (QED) is 0.781. The molecule has 2 aromatic rings. The summed E-state index contributed by atoms with van der Waals surface area (Å²) in [6, 6.07) is 12.8. The van der Waals surface area contributed by atoms with Gasteiger partial charge in [0, 0.05) is 0 Å². The summed E-state index contributed by atoms with van der Waals surface area (Å²) < 4.78 is 6.87. The van der Waals surface area contributed by atoms with Gasteiger partial charge in [-0.1, -0.05) is 0 Å². The van der Waals surface area contributed by atoms with Crippen molar-refractivity contribution in [3.63, 3.8) is 0 Å². The van der Waals surface area contributed by atoms with Crippen molar-refractivity contribution >= 4 is 41.5 Å². The monoisotopic (exact) mass is 332 g/mol. The van der Waals surface area contributed by atoms with Crippen molar-refractivity contribution in [2.24, 2.45) is 0 Å². The maximum atomic E-state index is 5.37. The summed E-state index contributed by atoms with van der Waals surface area (Å²) in [5.41, 5.74) is 0. The Hall–Kier alpha value is -0.461. The molecule has 0 bridgehead atoms. The van der Waals surface area contributed by atoms with E-state index in [4.69, 9.17) is 4.74 Å². The zero-order valence-electron chi connectivity index (χ0n) is 8.69. The van der Waals surface area contributed by atoms with Crippen molar-refractivity contribution in [2.75, 3.05) is 7.11 Å².